The Balaban J connectivity index is 0.00000225. The normalized spacial score (nSPS) is 21.8. The summed E-state index contributed by atoms with van der Waals surface area (Å²) < 4.78 is 10.9. The van der Waals surface area contributed by atoms with Crippen LogP contribution in [0.15, 0.2) is 30.3 Å². The summed E-state index contributed by atoms with van der Waals surface area (Å²) in [7, 11) is 0. The Morgan fingerprint density at radius 2 is 1.72 bits per heavy atom. The highest BCUT2D eigenvalue weighted by Gasteiger charge is 2.35. The van der Waals surface area contributed by atoms with Crippen molar-refractivity contribution >= 4 is 18.3 Å². The molecule has 2 aliphatic rings. The largest absolute Gasteiger partial charge is 0.381 e. The average Bonchev–Trinajstić information content (AvgIpc) is 2.67. The van der Waals surface area contributed by atoms with Crippen LogP contribution in [0.1, 0.15) is 25.3 Å². The standard InChI is InChI=1S/C19H28N2O3.ClH/c1-16(21-9-13-24-14-10-21)18(22)20-15-19(7-11-23-12-8-19)17-5-3-2-4-6-17;/h2-6,16H,7-15H2,1H3,(H,20,22);1H. The average molecular weight is 369 g/mol. The van der Waals surface area contributed by atoms with E-state index >= 15 is 0 Å². The van der Waals surface area contributed by atoms with Crippen LogP contribution in [0.3, 0.4) is 0 Å². The highest BCUT2D eigenvalue weighted by atomic mass is 35.5. The molecule has 2 fully saturated rings. The van der Waals surface area contributed by atoms with Crippen LogP contribution in [0, 0.1) is 0 Å². The van der Waals surface area contributed by atoms with E-state index in [1.807, 2.05) is 13.0 Å². The van der Waals surface area contributed by atoms with Gasteiger partial charge in [-0.3, -0.25) is 9.69 Å². The smallest absolute Gasteiger partial charge is 0.237 e. The lowest BCUT2D eigenvalue weighted by Crippen LogP contribution is -2.52. The van der Waals surface area contributed by atoms with Gasteiger partial charge in [-0.05, 0) is 25.3 Å². The van der Waals surface area contributed by atoms with Crippen LogP contribution in [-0.2, 0) is 19.7 Å². The van der Waals surface area contributed by atoms with E-state index in [2.05, 4.69) is 34.5 Å². The lowest BCUT2D eigenvalue weighted by molar-refractivity contribution is -0.128. The van der Waals surface area contributed by atoms with Crippen LogP contribution in [0.4, 0.5) is 0 Å². The van der Waals surface area contributed by atoms with E-state index in [4.69, 9.17) is 9.47 Å². The molecule has 1 aromatic carbocycles. The van der Waals surface area contributed by atoms with Crippen LogP contribution in [-0.4, -0.2) is 62.9 Å². The molecule has 3 rings (SSSR count). The number of nitrogens with zero attached hydrogens (tertiary/aromatic N) is 1. The minimum Gasteiger partial charge on any atom is -0.381 e. The number of ether oxygens (including phenoxy) is 2. The number of hydrogen-bond donors (Lipinski definition) is 1. The second kappa shape index (κ2) is 9.53. The molecular weight excluding hydrogens is 340 g/mol. The Bertz CT molecular complexity index is 529. The first-order valence-corrected chi connectivity index (χ1v) is 8.94. The summed E-state index contributed by atoms with van der Waals surface area (Å²) in [5.74, 6) is 0.110. The summed E-state index contributed by atoms with van der Waals surface area (Å²) in [6.45, 7) is 7.24. The predicted molar refractivity (Wildman–Crippen MR) is 100 cm³/mol. The number of benzene rings is 1. The molecule has 0 aromatic heterocycles. The lowest BCUT2D eigenvalue weighted by atomic mass is 9.74. The van der Waals surface area contributed by atoms with Gasteiger partial charge in [0.2, 0.25) is 5.91 Å². The molecule has 0 aliphatic carbocycles. The Hall–Kier alpha value is -1.14. The molecule has 2 saturated heterocycles. The molecule has 0 radical (unpaired) electrons. The van der Waals surface area contributed by atoms with Crippen molar-refractivity contribution in [2.75, 3.05) is 46.1 Å². The van der Waals surface area contributed by atoms with Crippen LogP contribution in [0.2, 0.25) is 0 Å². The summed E-state index contributed by atoms with van der Waals surface area (Å²) in [4.78, 5) is 14.8. The van der Waals surface area contributed by atoms with Gasteiger partial charge in [0, 0.05) is 38.3 Å². The highest BCUT2D eigenvalue weighted by molar-refractivity contribution is 5.85. The SMILES string of the molecule is CC(C(=O)NCC1(c2ccccc2)CCOCC1)N1CCOCC1.Cl. The van der Waals surface area contributed by atoms with Gasteiger partial charge >= 0.3 is 0 Å². The molecule has 1 amide bonds. The van der Waals surface area contributed by atoms with Crippen LogP contribution < -0.4 is 5.32 Å². The first-order chi connectivity index (χ1) is 11.7. The molecule has 0 saturated carbocycles. The van der Waals surface area contributed by atoms with Crippen molar-refractivity contribution < 1.29 is 14.3 Å². The van der Waals surface area contributed by atoms with Crippen molar-refractivity contribution in [2.24, 2.45) is 0 Å². The summed E-state index contributed by atoms with van der Waals surface area (Å²) in [5.41, 5.74) is 1.28. The van der Waals surface area contributed by atoms with Crippen molar-refractivity contribution in [1.29, 1.82) is 0 Å². The molecule has 2 heterocycles. The second-order valence-corrected chi connectivity index (χ2v) is 6.80. The Kier molecular flexibility index (Phi) is 7.69. The van der Waals surface area contributed by atoms with Crippen LogP contribution in [0.5, 0.6) is 0 Å². The van der Waals surface area contributed by atoms with Gasteiger partial charge < -0.3 is 14.8 Å². The van der Waals surface area contributed by atoms with Gasteiger partial charge in [0.1, 0.15) is 0 Å². The van der Waals surface area contributed by atoms with E-state index in [1.165, 1.54) is 5.56 Å². The monoisotopic (exact) mass is 368 g/mol. The molecule has 1 unspecified atom stereocenters. The fourth-order valence-corrected chi connectivity index (χ4v) is 3.66. The molecule has 2 aliphatic heterocycles. The summed E-state index contributed by atoms with van der Waals surface area (Å²) in [5, 5.41) is 3.21. The quantitative estimate of drug-likeness (QED) is 0.863. The minimum atomic E-state index is -0.110. The first-order valence-electron chi connectivity index (χ1n) is 8.94. The van der Waals surface area contributed by atoms with Crippen molar-refractivity contribution in [3.63, 3.8) is 0 Å². The fraction of sp³-hybridized carbons (Fsp3) is 0.632. The summed E-state index contributed by atoms with van der Waals surface area (Å²) in [6.07, 6.45) is 1.90. The van der Waals surface area contributed by atoms with E-state index < -0.39 is 0 Å². The molecule has 25 heavy (non-hydrogen) atoms. The Morgan fingerprint density at radius 3 is 2.36 bits per heavy atom. The number of nitrogens with one attached hydrogen (secondary N) is 1. The molecule has 0 bridgehead atoms. The highest BCUT2D eigenvalue weighted by Crippen LogP contribution is 2.34. The van der Waals surface area contributed by atoms with Crippen LogP contribution in [0.25, 0.3) is 0 Å². The third-order valence-electron chi connectivity index (χ3n) is 5.41. The second-order valence-electron chi connectivity index (χ2n) is 6.80. The topological polar surface area (TPSA) is 50.8 Å². The van der Waals surface area contributed by atoms with E-state index in [9.17, 15) is 4.79 Å². The number of carbonyl (C=O) groups excluding carboxylic acids is 1. The lowest BCUT2D eigenvalue weighted by Gasteiger charge is -2.39. The maximum absolute atomic E-state index is 12.6. The first kappa shape index (κ1) is 20.2. The minimum absolute atomic E-state index is 0. The Labute approximate surface area is 156 Å². The van der Waals surface area contributed by atoms with Crippen molar-refractivity contribution in [3.8, 4) is 0 Å². The van der Waals surface area contributed by atoms with E-state index in [0.29, 0.717) is 19.8 Å². The number of amides is 1. The molecule has 0 spiro atoms. The van der Waals surface area contributed by atoms with E-state index in [-0.39, 0.29) is 29.8 Å². The Morgan fingerprint density at radius 1 is 1.12 bits per heavy atom. The van der Waals surface area contributed by atoms with E-state index in [1.54, 1.807) is 0 Å². The van der Waals surface area contributed by atoms with Gasteiger partial charge in [0.15, 0.2) is 0 Å². The maximum Gasteiger partial charge on any atom is 0.237 e. The fourth-order valence-electron chi connectivity index (χ4n) is 3.66. The predicted octanol–water partition coefficient (Wildman–Crippen LogP) is 1.99. The van der Waals surface area contributed by atoms with Gasteiger partial charge in [-0.2, -0.15) is 0 Å². The van der Waals surface area contributed by atoms with Gasteiger partial charge in [-0.1, -0.05) is 30.3 Å². The molecule has 1 N–H and O–H groups in total. The number of hydrogen-bond acceptors (Lipinski definition) is 4. The van der Waals surface area contributed by atoms with Crippen LogP contribution >= 0.6 is 12.4 Å². The van der Waals surface area contributed by atoms with Gasteiger partial charge in [0.25, 0.3) is 0 Å². The summed E-state index contributed by atoms with van der Waals surface area (Å²) in [6, 6.07) is 10.4. The number of carbonyl (C=O) groups is 1. The molecule has 1 atom stereocenters. The molecular formula is C19H29ClN2O3. The number of halogens is 1. The summed E-state index contributed by atoms with van der Waals surface area (Å²) >= 11 is 0. The van der Waals surface area contributed by atoms with Gasteiger partial charge in [0.05, 0.1) is 19.3 Å². The number of morpholine rings is 1. The zero-order valence-corrected chi connectivity index (χ0v) is 15.7. The molecule has 6 heteroatoms. The maximum atomic E-state index is 12.6. The van der Waals surface area contributed by atoms with E-state index in [0.717, 1.165) is 39.1 Å². The van der Waals surface area contributed by atoms with Crippen molar-refractivity contribution in [3.05, 3.63) is 35.9 Å². The van der Waals surface area contributed by atoms with Crippen molar-refractivity contribution in [2.45, 2.75) is 31.2 Å². The van der Waals surface area contributed by atoms with Crippen molar-refractivity contribution in [1.82, 2.24) is 10.2 Å². The number of rotatable bonds is 5. The van der Waals surface area contributed by atoms with Gasteiger partial charge in [-0.15, -0.1) is 12.4 Å². The third kappa shape index (κ3) is 4.94. The molecule has 140 valence electrons. The molecule has 5 nitrogen and oxygen atoms in total. The zero-order chi connectivity index (χ0) is 16.8. The third-order valence-corrected chi connectivity index (χ3v) is 5.41. The zero-order valence-electron chi connectivity index (χ0n) is 14.9. The van der Waals surface area contributed by atoms with Gasteiger partial charge in [-0.25, -0.2) is 0 Å². The molecule has 1 aromatic rings.